The third kappa shape index (κ3) is 3.13. The molecule has 0 saturated carbocycles. The molecule has 0 atom stereocenters. The second-order valence-corrected chi connectivity index (χ2v) is 5.65. The van der Waals surface area contributed by atoms with Gasteiger partial charge in [-0.15, -0.1) is 0 Å². The van der Waals surface area contributed by atoms with Crippen LogP contribution in [0.15, 0.2) is 12.3 Å². The average Bonchev–Trinajstić information content (AvgIpc) is 2.28. The van der Waals surface area contributed by atoms with Crippen molar-refractivity contribution >= 4 is 28.5 Å². The van der Waals surface area contributed by atoms with Gasteiger partial charge in [-0.1, -0.05) is 0 Å². The maximum Gasteiger partial charge on any atom is 0.274 e. The molecular formula is C13H19IN2O2. The van der Waals surface area contributed by atoms with Crippen LogP contribution in [-0.4, -0.2) is 35.0 Å². The van der Waals surface area contributed by atoms with Crippen LogP contribution in [0, 0.1) is 3.57 Å². The van der Waals surface area contributed by atoms with Crippen LogP contribution in [0.3, 0.4) is 0 Å². The number of carbonyl (C=O) groups is 1. The van der Waals surface area contributed by atoms with Gasteiger partial charge in [0.05, 0.1) is 10.7 Å². The average molecular weight is 362 g/mol. The molecule has 1 amide bonds. The Bertz CT molecular complexity index is 425. The molecule has 0 saturated heterocycles. The van der Waals surface area contributed by atoms with Crippen molar-refractivity contribution in [2.45, 2.75) is 39.8 Å². The number of hydrogen-bond acceptors (Lipinski definition) is 3. The zero-order chi connectivity index (χ0) is 13.9. The monoisotopic (exact) mass is 362 g/mol. The molecule has 0 aliphatic rings. The Morgan fingerprint density at radius 2 is 1.89 bits per heavy atom. The fourth-order valence-electron chi connectivity index (χ4n) is 1.92. The maximum atomic E-state index is 12.5. The fourth-order valence-corrected chi connectivity index (χ4v) is 2.69. The molecule has 1 aromatic rings. The van der Waals surface area contributed by atoms with Crippen molar-refractivity contribution in [2.75, 3.05) is 7.11 Å². The van der Waals surface area contributed by atoms with Crippen LogP contribution < -0.4 is 4.74 Å². The van der Waals surface area contributed by atoms with Gasteiger partial charge in [0.15, 0.2) is 0 Å². The molecular weight excluding hydrogens is 343 g/mol. The molecule has 100 valence electrons. The first-order valence-electron chi connectivity index (χ1n) is 5.91. The molecule has 18 heavy (non-hydrogen) atoms. The summed E-state index contributed by atoms with van der Waals surface area (Å²) in [6, 6.07) is 2.04. The summed E-state index contributed by atoms with van der Waals surface area (Å²) in [5.74, 6) is 0.629. The van der Waals surface area contributed by atoms with E-state index in [0.717, 1.165) is 3.57 Å². The molecule has 1 rings (SSSR count). The molecule has 0 N–H and O–H groups in total. The van der Waals surface area contributed by atoms with Crippen molar-refractivity contribution in [1.82, 2.24) is 9.88 Å². The molecule has 5 heteroatoms. The SMILES string of the molecule is COc1ccnc(C(=O)N(C(C)C)C(C)C)c1I. The van der Waals surface area contributed by atoms with E-state index in [4.69, 9.17) is 4.74 Å². The number of aromatic nitrogens is 1. The third-order valence-corrected chi connectivity index (χ3v) is 3.67. The minimum absolute atomic E-state index is 0.0525. The van der Waals surface area contributed by atoms with Gasteiger partial charge in [0, 0.05) is 18.3 Å². The minimum Gasteiger partial charge on any atom is -0.496 e. The van der Waals surface area contributed by atoms with Crippen molar-refractivity contribution in [3.05, 3.63) is 21.5 Å². The number of rotatable bonds is 4. The van der Waals surface area contributed by atoms with Gasteiger partial charge in [-0.3, -0.25) is 4.79 Å². The van der Waals surface area contributed by atoms with Crippen molar-refractivity contribution in [1.29, 1.82) is 0 Å². The van der Waals surface area contributed by atoms with E-state index >= 15 is 0 Å². The Labute approximate surface area is 122 Å². The first-order valence-corrected chi connectivity index (χ1v) is 6.99. The smallest absolute Gasteiger partial charge is 0.274 e. The highest BCUT2D eigenvalue weighted by Gasteiger charge is 2.25. The zero-order valence-electron chi connectivity index (χ0n) is 11.4. The number of halogens is 1. The number of methoxy groups -OCH3 is 1. The maximum absolute atomic E-state index is 12.5. The van der Waals surface area contributed by atoms with Gasteiger partial charge < -0.3 is 9.64 Å². The first-order chi connectivity index (χ1) is 8.40. The highest BCUT2D eigenvalue weighted by atomic mass is 127. The summed E-state index contributed by atoms with van der Waals surface area (Å²) in [6.07, 6.45) is 1.60. The lowest BCUT2D eigenvalue weighted by molar-refractivity contribution is 0.0636. The number of hydrogen-bond donors (Lipinski definition) is 0. The number of pyridine rings is 1. The van der Waals surface area contributed by atoms with Gasteiger partial charge >= 0.3 is 0 Å². The molecule has 0 fully saturated rings. The van der Waals surface area contributed by atoms with Gasteiger partial charge in [-0.05, 0) is 56.4 Å². The van der Waals surface area contributed by atoms with Crippen molar-refractivity contribution in [3.63, 3.8) is 0 Å². The lowest BCUT2D eigenvalue weighted by Gasteiger charge is -2.30. The molecule has 0 radical (unpaired) electrons. The van der Waals surface area contributed by atoms with Crippen molar-refractivity contribution in [2.24, 2.45) is 0 Å². The van der Waals surface area contributed by atoms with E-state index in [1.807, 2.05) is 32.6 Å². The molecule has 0 aromatic carbocycles. The van der Waals surface area contributed by atoms with Crippen molar-refractivity contribution < 1.29 is 9.53 Å². The zero-order valence-corrected chi connectivity index (χ0v) is 13.6. The van der Waals surface area contributed by atoms with Crippen LogP contribution in [0.25, 0.3) is 0 Å². The topological polar surface area (TPSA) is 42.4 Å². The predicted octanol–water partition coefficient (Wildman–Crippen LogP) is 2.95. The van der Waals surface area contributed by atoms with E-state index < -0.39 is 0 Å². The van der Waals surface area contributed by atoms with Gasteiger partial charge in [0.1, 0.15) is 11.4 Å². The predicted molar refractivity (Wildman–Crippen MR) is 79.9 cm³/mol. The van der Waals surface area contributed by atoms with Gasteiger partial charge in [-0.2, -0.15) is 0 Å². The van der Waals surface area contributed by atoms with Crippen LogP contribution in [-0.2, 0) is 0 Å². The van der Waals surface area contributed by atoms with Crippen LogP contribution in [0.4, 0.5) is 0 Å². The van der Waals surface area contributed by atoms with Gasteiger partial charge in [0.25, 0.3) is 5.91 Å². The summed E-state index contributed by atoms with van der Waals surface area (Å²) in [4.78, 5) is 18.5. The Kier molecular flexibility index (Phi) is 5.37. The molecule has 0 bridgehead atoms. The minimum atomic E-state index is -0.0525. The molecule has 0 spiro atoms. The molecule has 0 unspecified atom stereocenters. The second-order valence-electron chi connectivity index (χ2n) is 4.58. The first kappa shape index (κ1) is 15.2. The van der Waals surface area contributed by atoms with E-state index in [9.17, 15) is 4.79 Å². The number of amides is 1. The normalized spacial score (nSPS) is 10.9. The van der Waals surface area contributed by atoms with Crippen LogP contribution in [0.2, 0.25) is 0 Å². The molecule has 0 aliphatic carbocycles. The Morgan fingerprint density at radius 3 is 2.33 bits per heavy atom. The third-order valence-electron chi connectivity index (χ3n) is 2.62. The number of nitrogens with zero attached hydrogens (tertiary/aromatic N) is 2. The summed E-state index contributed by atoms with van der Waals surface area (Å²) in [6.45, 7) is 8.02. The van der Waals surface area contributed by atoms with E-state index in [1.165, 1.54) is 0 Å². The van der Waals surface area contributed by atoms with Crippen LogP contribution >= 0.6 is 22.6 Å². The fraction of sp³-hybridized carbons (Fsp3) is 0.538. The standard InChI is InChI=1S/C13H19IN2O2/c1-8(2)16(9(3)4)13(17)12-11(14)10(18-5)6-7-15-12/h6-9H,1-5H3. The summed E-state index contributed by atoms with van der Waals surface area (Å²) < 4.78 is 5.98. The quantitative estimate of drug-likeness (QED) is 0.774. The Morgan fingerprint density at radius 1 is 1.33 bits per heavy atom. The van der Waals surface area contributed by atoms with E-state index in [1.54, 1.807) is 19.4 Å². The van der Waals surface area contributed by atoms with Gasteiger partial charge in [0.2, 0.25) is 0 Å². The van der Waals surface area contributed by atoms with E-state index in [-0.39, 0.29) is 18.0 Å². The van der Waals surface area contributed by atoms with Crippen LogP contribution in [0.1, 0.15) is 38.2 Å². The van der Waals surface area contributed by atoms with E-state index in [2.05, 4.69) is 27.6 Å². The highest BCUT2D eigenvalue weighted by molar-refractivity contribution is 14.1. The second kappa shape index (κ2) is 6.36. The number of ether oxygens (including phenoxy) is 1. The molecule has 0 aliphatic heterocycles. The highest BCUT2D eigenvalue weighted by Crippen LogP contribution is 2.24. The van der Waals surface area contributed by atoms with Gasteiger partial charge in [-0.25, -0.2) is 4.98 Å². The van der Waals surface area contributed by atoms with E-state index in [0.29, 0.717) is 11.4 Å². The molecule has 1 aromatic heterocycles. The lowest BCUT2D eigenvalue weighted by Crippen LogP contribution is -2.42. The Hall–Kier alpha value is -0.850. The largest absolute Gasteiger partial charge is 0.496 e. The summed E-state index contributed by atoms with van der Waals surface area (Å²) in [5.41, 5.74) is 0.456. The summed E-state index contributed by atoms with van der Waals surface area (Å²) in [7, 11) is 1.59. The Balaban J connectivity index is 3.17. The molecule has 1 heterocycles. The lowest BCUT2D eigenvalue weighted by atomic mass is 10.2. The van der Waals surface area contributed by atoms with Crippen molar-refractivity contribution in [3.8, 4) is 5.75 Å². The van der Waals surface area contributed by atoms with Crippen LogP contribution in [0.5, 0.6) is 5.75 Å². The number of carbonyl (C=O) groups excluding carboxylic acids is 1. The molecule has 4 nitrogen and oxygen atoms in total. The summed E-state index contributed by atoms with van der Waals surface area (Å²) >= 11 is 2.10. The summed E-state index contributed by atoms with van der Waals surface area (Å²) in [5, 5.41) is 0.